The third kappa shape index (κ3) is 3.12. The predicted molar refractivity (Wildman–Crippen MR) is 58.7 cm³/mol. The van der Waals surface area contributed by atoms with E-state index in [1.807, 2.05) is 24.3 Å². The Labute approximate surface area is 91.2 Å². The summed E-state index contributed by atoms with van der Waals surface area (Å²) in [6.07, 6.45) is 0.533. The van der Waals surface area contributed by atoms with Crippen LogP contribution in [0.5, 0.6) is 0 Å². The van der Waals surface area contributed by atoms with E-state index in [1.165, 1.54) is 0 Å². The van der Waals surface area contributed by atoms with Crippen LogP contribution in [-0.2, 0) is 5.88 Å². The van der Waals surface area contributed by atoms with Gasteiger partial charge in [0.2, 0.25) is 0 Å². The molecule has 0 radical (unpaired) electrons. The molecule has 1 rings (SSSR count). The second-order valence-electron chi connectivity index (χ2n) is 2.70. The monoisotopic (exact) mass is 260 g/mol. The summed E-state index contributed by atoms with van der Waals surface area (Å²) < 4.78 is 0. The van der Waals surface area contributed by atoms with Gasteiger partial charge in [-0.3, -0.25) is 4.79 Å². The van der Waals surface area contributed by atoms with E-state index in [0.29, 0.717) is 17.6 Å². The first-order chi connectivity index (χ1) is 6.27. The quantitative estimate of drug-likeness (QED) is 0.600. The zero-order chi connectivity index (χ0) is 9.68. The Bertz CT molecular complexity index is 299. The normalized spacial score (nSPS) is 10.0. The van der Waals surface area contributed by atoms with Crippen LogP contribution in [0.4, 0.5) is 0 Å². The predicted octanol–water partition coefficient (Wildman–Crippen LogP) is 3.39. The number of hydrogen-bond acceptors (Lipinski definition) is 1. The number of Topliss-reactive ketones (excluding diaryl/α,β-unsaturated/α-hetero) is 1. The van der Waals surface area contributed by atoms with E-state index in [1.54, 1.807) is 0 Å². The first kappa shape index (κ1) is 10.7. The fourth-order valence-electron chi connectivity index (χ4n) is 1.06. The summed E-state index contributed by atoms with van der Waals surface area (Å²) in [6.45, 7) is 0. The van der Waals surface area contributed by atoms with Crippen LogP contribution >= 0.6 is 27.5 Å². The van der Waals surface area contributed by atoms with Crippen molar-refractivity contribution in [3.63, 3.8) is 0 Å². The maximum atomic E-state index is 11.4. The van der Waals surface area contributed by atoms with Gasteiger partial charge >= 0.3 is 0 Å². The van der Waals surface area contributed by atoms with Gasteiger partial charge in [0.1, 0.15) is 0 Å². The molecule has 0 aromatic heterocycles. The molecule has 3 heteroatoms. The van der Waals surface area contributed by atoms with E-state index in [-0.39, 0.29) is 5.78 Å². The maximum Gasteiger partial charge on any atom is 0.163 e. The van der Waals surface area contributed by atoms with Crippen LogP contribution in [0.1, 0.15) is 22.3 Å². The highest BCUT2D eigenvalue weighted by Crippen LogP contribution is 2.10. The highest BCUT2D eigenvalue weighted by Gasteiger charge is 2.04. The summed E-state index contributed by atoms with van der Waals surface area (Å²) in [7, 11) is 0. The van der Waals surface area contributed by atoms with Crippen molar-refractivity contribution < 1.29 is 4.79 Å². The van der Waals surface area contributed by atoms with Gasteiger partial charge in [0.25, 0.3) is 0 Å². The Morgan fingerprint density at radius 3 is 2.85 bits per heavy atom. The Morgan fingerprint density at radius 2 is 2.23 bits per heavy atom. The molecule has 0 aliphatic heterocycles. The van der Waals surface area contributed by atoms with Gasteiger partial charge in [-0.2, -0.15) is 0 Å². The molecular weight excluding hydrogens is 251 g/mol. The molecule has 0 unspecified atom stereocenters. The smallest absolute Gasteiger partial charge is 0.163 e. The van der Waals surface area contributed by atoms with E-state index in [4.69, 9.17) is 11.6 Å². The number of benzene rings is 1. The standard InChI is InChI=1S/C10H10BrClO/c11-5-4-10(13)9-3-1-2-8(6-9)7-12/h1-3,6H,4-5,7H2. The van der Waals surface area contributed by atoms with Gasteiger partial charge in [0, 0.05) is 23.2 Å². The SMILES string of the molecule is O=C(CCBr)c1cccc(CCl)c1. The third-order valence-corrected chi connectivity index (χ3v) is 2.43. The molecule has 0 aliphatic rings. The maximum absolute atomic E-state index is 11.4. The Hall–Kier alpha value is -0.340. The van der Waals surface area contributed by atoms with E-state index in [9.17, 15) is 4.79 Å². The van der Waals surface area contributed by atoms with Crippen molar-refractivity contribution in [1.82, 2.24) is 0 Å². The zero-order valence-corrected chi connectivity index (χ0v) is 9.44. The Kier molecular flexibility index (Phi) is 4.46. The molecule has 0 bridgehead atoms. The molecule has 1 aromatic carbocycles. The van der Waals surface area contributed by atoms with Gasteiger partial charge in [0.05, 0.1) is 0 Å². The molecular formula is C10H10BrClO. The fraction of sp³-hybridized carbons (Fsp3) is 0.300. The van der Waals surface area contributed by atoms with Crippen LogP contribution in [-0.4, -0.2) is 11.1 Å². The van der Waals surface area contributed by atoms with Crippen molar-refractivity contribution in [3.05, 3.63) is 35.4 Å². The van der Waals surface area contributed by atoms with Gasteiger partial charge in [-0.05, 0) is 11.6 Å². The number of halogens is 2. The second-order valence-corrected chi connectivity index (χ2v) is 3.76. The zero-order valence-electron chi connectivity index (χ0n) is 7.09. The molecule has 70 valence electrons. The number of alkyl halides is 2. The number of hydrogen-bond donors (Lipinski definition) is 0. The van der Waals surface area contributed by atoms with Crippen molar-refractivity contribution in [2.45, 2.75) is 12.3 Å². The lowest BCUT2D eigenvalue weighted by molar-refractivity contribution is 0.0990. The molecule has 1 aromatic rings. The number of carbonyl (C=O) groups excluding carboxylic acids is 1. The molecule has 0 amide bonds. The summed E-state index contributed by atoms with van der Waals surface area (Å²) in [4.78, 5) is 11.4. The molecule has 13 heavy (non-hydrogen) atoms. The van der Waals surface area contributed by atoms with E-state index >= 15 is 0 Å². The van der Waals surface area contributed by atoms with E-state index < -0.39 is 0 Å². The molecule has 0 atom stereocenters. The summed E-state index contributed by atoms with van der Waals surface area (Å²) in [6, 6.07) is 7.44. The molecule has 0 fully saturated rings. The van der Waals surface area contributed by atoms with Gasteiger partial charge in [-0.15, -0.1) is 11.6 Å². The molecule has 0 aliphatic carbocycles. The summed E-state index contributed by atoms with van der Waals surface area (Å²) in [5.41, 5.74) is 1.74. The minimum absolute atomic E-state index is 0.156. The van der Waals surface area contributed by atoms with Gasteiger partial charge in [-0.25, -0.2) is 0 Å². The average molecular weight is 262 g/mol. The minimum Gasteiger partial charge on any atom is -0.294 e. The minimum atomic E-state index is 0.156. The van der Waals surface area contributed by atoms with E-state index in [0.717, 1.165) is 11.1 Å². The lowest BCUT2D eigenvalue weighted by atomic mass is 10.1. The highest BCUT2D eigenvalue weighted by molar-refractivity contribution is 9.09. The third-order valence-electron chi connectivity index (χ3n) is 1.72. The van der Waals surface area contributed by atoms with Crippen LogP contribution in [0.25, 0.3) is 0 Å². The van der Waals surface area contributed by atoms with Gasteiger partial charge < -0.3 is 0 Å². The molecule has 0 saturated carbocycles. The van der Waals surface area contributed by atoms with Crippen LogP contribution < -0.4 is 0 Å². The van der Waals surface area contributed by atoms with Crippen LogP contribution in [0, 0.1) is 0 Å². The van der Waals surface area contributed by atoms with Gasteiger partial charge in [0.15, 0.2) is 5.78 Å². The van der Waals surface area contributed by atoms with E-state index in [2.05, 4.69) is 15.9 Å². The van der Waals surface area contributed by atoms with Crippen LogP contribution in [0.15, 0.2) is 24.3 Å². The molecule has 0 saturated heterocycles. The Morgan fingerprint density at radius 1 is 1.46 bits per heavy atom. The number of carbonyl (C=O) groups is 1. The largest absolute Gasteiger partial charge is 0.294 e. The lowest BCUT2D eigenvalue weighted by Gasteiger charge is -2.00. The first-order valence-electron chi connectivity index (χ1n) is 4.02. The lowest BCUT2D eigenvalue weighted by Crippen LogP contribution is -1.99. The van der Waals surface area contributed by atoms with Crippen LogP contribution in [0.3, 0.4) is 0 Å². The second kappa shape index (κ2) is 5.40. The molecule has 0 N–H and O–H groups in total. The average Bonchev–Trinajstić information content (AvgIpc) is 2.18. The first-order valence-corrected chi connectivity index (χ1v) is 5.67. The molecule has 0 heterocycles. The van der Waals surface area contributed by atoms with Crippen molar-refractivity contribution in [2.75, 3.05) is 5.33 Å². The highest BCUT2D eigenvalue weighted by atomic mass is 79.9. The van der Waals surface area contributed by atoms with Gasteiger partial charge in [-0.1, -0.05) is 34.1 Å². The van der Waals surface area contributed by atoms with Crippen molar-refractivity contribution in [3.8, 4) is 0 Å². The summed E-state index contributed by atoms with van der Waals surface area (Å²) in [5, 5.41) is 0.705. The van der Waals surface area contributed by atoms with Crippen LogP contribution in [0.2, 0.25) is 0 Å². The number of rotatable bonds is 4. The topological polar surface area (TPSA) is 17.1 Å². The molecule has 1 nitrogen and oxygen atoms in total. The summed E-state index contributed by atoms with van der Waals surface area (Å²) >= 11 is 8.90. The van der Waals surface area contributed by atoms with Crippen molar-refractivity contribution in [1.29, 1.82) is 0 Å². The summed E-state index contributed by atoms with van der Waals surface area (Å²) in [5.74, 6) is 0.610. The Balaban J connectivity index is 2.82. The van der Waals surface area contributed by atoms with Crippen molar-refractivity contribution >= 4 is 33.3 Å². The van der Waals surface area contributed by atoms with Crippen molar-refractivity contribution in [2.24, 2.45) is 0 Å². The number of ketones is 1. The fourth-order valence-corrected chi connectivity index (χ4v) is 1.58. The molecule has 0 spiro atoms.